The van der Waals surface area contributed by atoms with Gasteiger partial charge in [0.15, 0.2) is 0 Å². The quantitative estimate of drug-likeness (QED) is 0.507. The van der Waals surface area contributed by atoms with E-state index in [0.717, 1.165) is 11.3 Å². The van der Waals surface area contributed by atoms with Crippen molar-refractivity contribution in [2.45, 2.75) is 13.5 Å². The molecule has 1 aromatic carbocycles. The Bertz CT molecular complexity index is 288. The first-order valence-corrected chi connectivity index (χ1v) is 3.83. The minimum absolute atomic E-state index is 0.493. The van der Waals surface area contributed by atoms with Crippen LogP contribution in [0.25, 0.3) is 0 Å². The Morgan fingerprint density at radius 3 is 2.67 bits per heavy atom. The largest absolute Gasteiger partial charge is 0.387 e. The molecule has 0 unspecified atom stereocenters. The van der Waals surface area contributed by atoms with Crippen molar-refractivity contribution in [1.82, 2.24) is 0 Å². The van der Waals surface area contributed by atoms with Crippen LogP contribution in [0.5, 0.6) is 0 Å². The highest BCUT2D eigenvalue weighted by molar-refractivity contribution is 5.81. The first-order valence-electron chi connectivity index (χ1n) is 3.83. The molecule has 12 heavy (non-hydrogen) atoms. The van der Waals surface area contributed by atoms with Crippen molar-refractivity contribution >= 4 is 11.5 Å². The molecule has 0 aromatic heterocycles. The SMILES string of the molecule is CC(N)=Nc1ccccc1CN. The lowest BCUT2D eigenvalue weighted by molar-refractivity contribution is 1.07. The molecule has 0 radical (unpaired) electrons. The zero-order valence-corrected chi connectivity index (χ0v) is 7.12. The topological polar surface area (TPSA) is 64.4 Å². The number of nitrogens with two attached hydrogens (primary N) is 2. The van der Waals surface area contributed by atoms with Crippen LogP contribution in [0.2, 0.25) is 0 Å². The van der Waals surface area contributed by atoms with Crippen molar-refractivity contribution in [3.05, 3.63) is 29.8 Å². The number of para-hydroxylation sites is 1. The Morgan fingerprint density at radius 1 is 1.42 bits per heavy atom. The summed E-state index contributed by atoms with van der Waals surface area (Å²) in [5, 5.41) is 0. The van der Waals surface area contributed by atoms with Crippen LogP contribution in [0.1, 0.15) is 12.5 Å². The second kappa shape index (κ2) is 3.88. The van der Waals surface area contributed by atoms with E-state index in [1.165, 1.54) is 0 Å². The summed E-state index contributed by atoms with van der Waals surface area (Å²) in [6.45, 7) is 2.25. The van der Waals surface area contributed by atoms with E-state index in [-0.39, 0.29) is 0 Å². The summed E-state index contributed by atoms with van der Waals surface area (Å²) in [6.07, 6.45) is 0. The fourth-order valence-corrected chi connectivity index (χ4v) is 0.983. The molecule has 0 saturated heterocycles. The van der Waals surface area contributed by atoms with E-state index in [1.54, 1.807) is 6.92 Å². The number of hydrogen-bond acceptors (Lipinski definition) is 2. The summed E-state index contributed by atoms with van der Waals surface area (Å²) in [5.41, 5.74) is 12.9. The predicted octanol–water partition coefficient (Wildman–Crippen LogP) is 1.15. The van der Waals surface area contributed by atoms with Crippen molar-refractivity contribution in [1.29, 1.82) is 0 Å². The van der Waals surface area contributed by atoms with Crippen LogP contribution in [0.3, 0.4) is 0 Å². The molecule has 0 bridgehead atoms. The molecule has 3 nitrogen and oxygen atoms in total. The monoisotopic (exact) mass is 163 g/mol. The molecule has 0 aliphatic heterocycles. The normalized spacial score (nSPS) is 11.7. The number of nitrogens with zero attached hydrogens (tertiary/aromatic N) is 1. The van der Waals surface area contributed by atoms with Crippen LogP contribution >= 0.6 is 0 Å². The molecule has 3 heteroatoms. The van der Waals surface area contributed by atoms with Gasteiger partial charge in [-0.25, -0.2) is 4.99 Å². The highest BCUT2D eigenvalue weighted by Crippen LogP contribution is 2.17. The van der Waals surface area contributed by atoms with E-state index in [9.17, 15) is 0 Å². The van der Waals surface area contributed by atoms with Gasteiger partial charge in [0, 0.05) is 6.54 Å². The maximum Gasteiger partial charge on any atom is 0.0965 e. The standard InChI is InChI=1S/C9H13N3/c1-7(11)12-9-5-3-2-4-8(9)6-10/h2-5H,6,10H2,1H3,(H2,11,12). The fraction of sp³-hybridized carbons (Fsp3) is 0.222. The van der Waals surface area contributed by atoms with Gasteiger partial charge in [-0.1, -0.05) is 18.2 Å². The lowest BCUT2D eigenvalue weighted by Gasteiger charge is -2.01. The minimum Gasteiger partial charge on any atom is -0.387 e. The van der Waals surface area contributed by atoms with Crippen molar-refractivity contribution in [3.63, 3.8) is 0 Å². The molecule has 0 atom stereocenters. The third-order valence-electron chi connectivity index (χ3n) is 1.51. The maximum atomic E-state index is 5.52. The molecule has 0 heterocycles. The van der Waals surface area contributed by atoms with Crippen molar-refractivity contribution in [2.24, 2.45) is 16.5 Å². The highest BCUT2D eigenvalue weighted by Gasteiger charge is 1.96. The molecule has 4 N–H and O–H groups in total. The molecule has 0 saturated carbocycles. The van der Waals surface area contributed by atoms with E-state index in [0.29, 0.717) is 12.4 Å². The maximum absolute atomic E-state index is 5.52. The van der Waals surface area contributed by atoms with Crippen LogP contribution in [-0.2, 0) is 6.54 Å². The van der Waals surface area contributed by atoms with Gasteiger partial charge in [-0.3, -0.25) is 0 Å². The molecule has 64 valence electrons. The van der Waals surface area contributed by atoms with Crippen LogP contribution in [0.4, 0.5) is 5.69 Å². The van der Waals surface area contributed by atoms with E-state index < -0.39 is 0 Å². The summed E-state index contributed by atoms with van der Waals surface area (Å²) < 4.78 is 0. The van der Waals surface area contributed by atoms with Crippen molar-refractivity contribution in [2.75, 3.05) is 0 Å². The number of aliphatic imine (C=N–C) groups is 1. The summed E-state index contributed by atoms with van der Waals surface area (Å²) in [4.78, 5) is 4.14. The Morgan fingerprint density at radius 2 is 2.08 bits per heavy atom. The Labute approximate surface area is 72.1 Å². The predicted molar refractivity (Wildman–Crippen MR) is 51.3 cm³/mol. The van der Waals surface area contributed by atoms with Gasteiger partial charge in [0.2, 0.25) is 0 Å². The molecular formula is C9H13N3. The van der Waals surface area contributed by atoms with Crippen LogP contribution in [0, 0.1) is 0 Å². The lowest BCUT2D eigenvalue weighted by atomic mass is 10.2. The zero-order valence-electron chi connectivity index (χ0n) is 7.12. The number of hydrogen-bond donors (Lipinski definition) is 2. The Balaban J connectivity index is 3.05. The van der Waals surface area contributed by atoms with Crippen LogP contribution in [-0.4, -0.2) is 5.84 Å². The average Bonchev–Trinajstić information content (AvgIpc) is 2.04. The Kier molecular flexibility index (Phi) is 2.82. The van der Waals surface area contributed by atoms with E-state index in [2.05, 4.69) is 4.99 Å². The second-order valence-corrected chi connectivity index (χ2v) is 2.59. The summed E-state index contributed by atoms with van der Waals surface area (Å²) in [6, 6.07) is 7.70. The number of benzene rings is 1. The summed E-state index contributed by atoms with van der Waals surface area (Å²) in [5.74, 6) is 0.552. The zero-order chi connectivity index (χ0) is 8.97. The fourth-order valence-electron chi connectivity index (χ4n) is 0.983. The van der Waals surface area contributed by atoms with E-state index in [4.69, 9.17) is 11.5 Å². The second-order valence-electron chi connectivity index (χ2n) is 2.59. The van der Waals surface area contributed by atoms with Crippen molar-refractivity contribution in [3.8, 4) is 0 Å². The van der Waals surface area contributed by atoms with Crippen LogP contribution < -0.4 is 11.5 Å². The highest BCUT2D eigenvalue weighted by atomic mass is 14.8. The molecule has 0 aliphatic carbocycles. The van der Waals surface area contributed by atoms with E-state index >= 15 is 0 Å². The number of rotatable bonds is 2. The first kappa shape index (κ1) is 8.74. The summed E-state index contributed by atoms with van der Waals surface area (Å²) >= 11 is 0. The molecule has 0 amide bonds. The number of amidine groups is 1. The smallest absolute Gasteiger partial charge is 0.0965 e. The van der Waals surface area contributed by atoms with Gasteiger partial charge in [0.25, 0.3) is 0 Å². The van der Waals surface area contributed by atoms with Gasteiger partial charge in [-0.15, -0.1) is 0 Å². The lowest BCUT2D eigenvalue weighted by Crippen LogP contribution is -2.05. The first-order chi connectivity index (χ1) is 5.74. The van der Waals surface area contributed by atoms with Gasteiger partial charge >= 0.3 is 0 Å². The molecule has 0 fully saturated rings. The van der Waals surface area contributed by atoms with Gasteiger partial charge in [0.05, 0.1) is 11.5 Å². The molecule has 1 rings (SSSR count). The molecule has 0 aliphatic rings. The third kappa shape index (κ3) is 2.07. The minimum atomic E-state index is 0.493. The Hall–Kier alpha value is -1.35. The molecule has 1 aromatic rings. The van der Waals surface area contributed by atoms with Crippen LogP contribution in [0.15, 0.2) is 29.3 Å². The van der Waals surface area contributed by atoms with Gasteiger partial charge in [-0.2, -0.15) is 0 Å². The van der Waals surface area contributed by atoms with Crippen molar-refractivity contribution < 1.29 is 0 Å². The molecule has 0 spiro atoms. The van der Waals surface area contributed by atoms with Gasteiger partial charge in [-0.05, 0) is 18.6 Å². The summed E-state index contributed by atoms with van der Waals surface area (Å²) in [7, 11) is 0. The van der Waals surface area contributed by atoms with E-state index in [1.807, 2.05) is 24.3 Å². The molecular weight excluding hydrogens is 150 g/mol. The third-order valence-corrected chi connectivity index (χ3v) is 1.51. The van der Waals surface area contributed by atoms with Gasteiger partial charge in [0.1, 0.15) is 0 Å². The average molecular weight is 163 g/mol. The van der Waals surface area contributed by atoms with Gasteiger partial charge < -0.3 is 11.5 Å².